The Kier molecular flexibility index (Phi) is 22.0. The molecule has 0 heterocycles. The number of hydrogen-bond acceptors (Lipinski definition) is 3. The summed E-state index contributed by atoms with van der Waals surface area (Å²) in [7, 11) is 1.90. The molecule has 0 aliphatic rings. The van der Waals surface area contributed by atoms with Crippen molar-refractivity contribution in [2.45, 2.75) is 47.0 Å². The van der Waals surface area contributed by atoms with E-state index in [-0.39, 0.29) is 0 Å². The first-order chi connectivity index (χ1) is 13.7. The average Bonchev–Trinajstić information content (AvgIpc) is 2.76. The summed E-state index contributed by atoms with van der Waals surface area (Å²) >= 11 is 0. The quantitative estimate of drug-likeness (QED) is 0.362. The summed E-state index contributed by atoms with van der Waals surface area (Å²) in [5, 5.41) is 6.02. The summed E-state index contributed by atoms with van der Waals surface area (Å²) in [6.07, 6.45) is 7.19. The molecule has 0 amide bonds. The van der Waals surface area contributed by atoms with Gasteiger partial charge in [-0.15, -0.1) is 6.58 Å². The molecule has 0 fully saturated rings. The Morgan fingerprint density at radius 2 is 1.43 bits per heavy atom. The number of rotatable bonds is 8. The second-order valence-corrected chi connectivity index (χ2v) is 5.43. The lowest BCUT2D eigenvalue weighted by molar-refractivity contribution is 0.483. The fraction of sp³-hybridized carbons (Fsp3) is 0.360. The molecule has 0 atom stereocenters. The first-order valence-corrected chi connectivity index (χ1v) is 10.2. The lowest BCUT2D eigenvalue weighted by Crippen LogP contribution is -2.03. The monoisotopic (exact) mass is 384 g/mol. The van der Waals surface area contributed by atoms with Crippen LogP contribution in [0.1, 0.15) is 47.0 Å². The molecule has 156 valence electrons. The average molecular weight is 385 g/mol. The van der Waals surface area contributed by atoms with E-state index in [1.54, 1.807) is 6.20 Å². The van der Waals surface area contributed by atoms with Crippen molar-refractivity contribution < 1.29 is 4.74 Å². The van der Waals surface area contributed by atoms with Crippen LogP contribution >= 0.6 is 0 Å². The zero-order chi connectivity index (χ0) is 21.5. The molecule has 3 heteroatoms. The minimum atomic E-state index is 0.847. The second-order valence-electron chi connectivity index (χ2n) is 5.43. The molecule has 2 aromatic rings. The van der Waals surface area contributed by atoms with E-state index in [1.165, 1.54) is 12.8 Å². The number of para-hydroxylation sites is 1. The van der Waals surface area contributed by atoms with Crippen molar-refractivity contribution >= 4 is 5.69 Å². The number of nitrogens with one attached hydrogen (secondary N) is 2. The molecule has 2 rings (SSSR count). The van der Waals surface area contributed by atoms with Gasteiger partial charge in [0.25, 0.3) is 0 Å². The normalized spacial score (nSPS) is 8.32. The number of unbranched alkanes of at least 4 members (excludes halogenated alkanes) is 1. The molecule has 28 heavy (non-hydrogen) atoms. The fourth-order valence-corrected chi connectivity index (χ4v) is 1.76. The SMILES string of the molecule is C=CCCC.C=CNCCC.CC.CNc1ccc(Oc2ccccc2)cc1. The van der Waals surface area contributed by atoms with Gasteiger partial charge in [-0.25, -0.2) is 0 Å². The van der Waals surface area contributed by atoms with E-state index in [0.717, 1.165) is 30.2 Å². The summed E-state index contributed by atoms with van der Waals surface area (Å²) in [6.45, 7) is 16.3. The lowest BCUT2D eigenvalue weighted by atomic mass is 10.3. The van der Waals surface area contributed by atoms with Crippen molar-refractivity contribution in [2.24, 2.45) is 0 Å². The van der Waals surface area contributed by atoms with Gasteiger partial charge in [-0.2, -0.15) is 0 Å². The van der Waals surface area contributed by atoms with Crippen molar-refractivity contribution in [1.29, 1.82) is 0 Å². The molecule has 2 N–H and O–H groups in total. The maximum atomic E-state index is 5.65. The third-order valence-corrected chi connectivity index (χ3v) is 3.15. The Bertz CT molecular complexity index is 565. The van der Waals surface area contributed by atoms with Crippen molar-refractivity contribution in [3.63, 3.8) is 0 Å². The van der Waals surface area contributed by atoms with Crippen LogP contribution in [0.4, 0.5) is 5.69 Å². The van der Waals surface area contributed by atoms with Gasteiger partial charge in [0.2, 0.25) is 0 Å². The van der Waals surface area contributed by atoms with Gasteiger partial charge in [0.1, 0.15) is 11.5 Å². The number of hydrogen-bond donors (Lipinski definition) is 2. The number of anilines is 1. The van der Waals surface area contributed by atoms with Crippen LogP contribution in [0.2, 0.25) is 0 Å². The summed E-state index contributed by atoms with van der Waals surface area (Å²) < 4.78 is 5.65. The Balaban J connectivity index is 0. The van der Waals surface area contributed by atoms with Crippen LogP contribution in [0.25, 0.3) is 0 Å². The van der Waals surface area contributed by atoms with Crippen LogP contribution in [-0.4, -0.2) is 13.6 Å². The third-order valence-electron chi connectivity index (χ3n) is 3.15. The number of benzene rings is 2. The molecule has 0 aliphatic heterocycles. The van der Waals surface area contributed by atoms with Crippen LogP contribution in [-0.2, 0) is 0 Å². The zero-order valence-corrected chi connectivity index (χ0v) is 18.5. The van der Waals surface area contributed by atoms with Crippen molar-refractivity contribution in [3.8, 4) is 11.5 Å². The van der Waals surface area contributed by atoms with E-state index in [9.17, 15) is 0 Å². The first-order valence-electron chi connectivity index (χ1n) is 10.2. The predicted molar refractivity (Wildman–Crippen MR) is 127 cm³/mol. The Morgan fingerprint density at radius 3 is 1.79 bits per heavy atom. The summed E-state index contributed by atoms with van der Waals surface area (Å²) in [4.78, 5) is 0. The molecule has 3 nitrogen and oxygen atoms in total. The summed E-state index contributed by atoms with van der Waals surface area (Å²) in [5.41, 5.74) is 1.08. The molecule has 0 spiro atoms. The number of allylic oxidation sites excluding steroid dienone is 1. The molecule has 0 aliphatic carbocycles. The highest BCUT2D eigenvalue weighted by atomic mass is 16.5. The van der Waals surface area contributed by atoms with Gasteiger partial charge < -0.3 is 15.4 Å². The Labute approximate surface area is 173 Å². The second kappa shape index (κ2) is 22.4. The molecule has 0 saturated heterocycles. The summed E-state index contributed by atoms with van der Waals surface area (Å²) in [5.74, 6) is 1.70. The van der Waals surface area contributed by atoms with Gasteiger partial charge in [0.05, 0.1) is 0 Å². The van der Waals surface area contributed by atoms with Crippen LogP contribution < -0.4 is 15.4 Å². The van der Waals surface area contributed by atoms with Crippen LogP contribution in [0.15, 0.2) is 80.0 Å². The predicted octanol–water partition coefficient (Wildman–Crippen LogP) is 7.65. The van der Waals surface area contributed by atoms with E-state index < -0.39 is 0 Å². The van der Waals surface area contributed by atoms with Gasteiger partial charge in [-0.1, -0.05) is 65.0 Å². The molecular formula is C25H40N2O. The van der Waals surface area contributed by atoms with Gasteiger partial charge in [0.15, 0.2) is 0 Å². The molecule has 0 unspecified atom stereocenters. The van der Waals surface area contributed by atoms with Gasteiger partial charge in [-0.05, 0) is 55.4 Å². The zero-order valence-electron chi connectivity index (χ0n) is 18.5. The molecule has 2 aromatic carbocycles. The van der Waals surface area contributed by atoms with Gasteiger partial charge in [0, 0.05) is 19.3 Å². The van der Waals surface area contributed by atoms with E-state index in [0.29, 0.717) is 0 Å². The number of ether oxygens (including phenoxy) is 1. The van der Waals surface area contributed by atoms with E-state index in [4.69, 9.17) is 4.74 Å². The lowest BCUT2D eigenvalue weighted by Gasteiger charge is -2.06. The van der Waals surface area contributed by atoms with E-state index >= 15 is 0 Å². The highest BCUT2D eigenvalue weighted by molar-refractivity contribution is 5.46. The van der Waals surface area contributed by atoms with Crippen molar-refractivity contribution in [2.75, 3.05) is 18.9 Å². The van der Waals surface area contributed by atoms with Crippen molar-refractivity contribution in [3.05, 3.63) is 80.0 Å². The minimum absolute atomic E-state index is 0.847. The first kappa shape index (κ1) is 27.5. The largest absolute Gasteiger partial charge is 0.457 e. The van der Waals surface area contributed by atoms with Crippen LogP contribution in [0, 0.1) is 0 Å². The molecule has 0 saturated carbocycles. The Morgan fingerprint density at radius 1 is 0.857 bits per heavy atom. The highest BCUT2D eigenvalue weighted by Gasteiger charge is 1.95. The van der Waals surface area contributed by atoms with Crippen LogP contribution in [0.3, 0.4) is 0 Å². The standard InChI is InChI=1S/C13H13NO.C5H11N.C5H10.C2H6/c1-14-11-7-9-13(10-8-11)15-12-5-3-2-4-6-12;1-3-5-6-4-2;1-3-5-4-2;1-2/h2-10,14H,1H3;4,6H,2-3,5H2,1H3;3H,1,4-5H2,2H3;1-2H3. The third kappa shape index (κ3) is 16.8. The van der Waals surface area contributed by atoms with E-state index in [2.05, 4.69) is 37.6 Å². The Hall–Kier alpha value is -2.68. The van der Waals surface area contributed by atoms with E-state index in [1.807, 2.05) is 81.6 Å². The molecule has 0 radical (unpaired) electrons. The minimum Gasteiger partial charge on any atom is -0.457 e. The summed E-state index contributed by atoms with van der Waals surface area (Å²) in [6, 6.07) is 17.6. The molecular weight excluding hydrogens is 344 g/mol. The highest BCUT2D eigenvalue weighted by Crippen LogP contribution is 2.22. The maximum absolute atomic E-state index is 5.65. The van der Waals surface area contributed by atoms with Gasteiger partial charge in [-0.3, -0.25) is 0 Å². The van der Waals surface area contributed by atoms with Crippen LogP contribution in [0.5, 0.6) is 11.5 Å². The fourth-order valence-electron chi connectivity index (χ4n) is 1.76. The smallest absolute Gasteiger partial charge is 0.127 e. The molecule has 0 bridgehead atoms. The molecule has 0 aromatic heterocycles. The maximum Gasteiger partial charge on any atom is 0.127 e. The van der Waals surface area contributed by atoms with Crippen molar-refractivity contribution in [1.82, 2.24) is 5.32 Å². The van der Waals surface area contributed by atoms with Gasteiger partial charge >= 0.3 is 0 Å². The topological polar surface area (TPSA) is 33.3 Å².